The molecule has 0 atom stereocenters. The number of hydrogen-bond donors (Lipinski definition) is 1. The molecule has 0 saturated heterocycles. The number of benzene rings is 1. The maximum absolute atomic E-state index is 13.6. The Labute approximate surface area is 121 Å². The number of unbranched alkanes of at least 4 members (excludes halogenated alkanes) is 1. The van der Waals surface area contributed by atoms with Crippen LogP contribution in [0.15, 0.2) is 18.2 Å². The van der Waals surface area contributed by atoms with E-state index in [1.807, 2.05) is 12.1 Å². The van der Waals surface area contributed by atoms with Crippen LogP contribution in [-0.2, 0) is 6.54 Å². The summed E-state index contributed by atoms with van der Waals surface area (Å²) in [5, 5.41) is 0. The Morgan fingerprint density at radius 2 is 2.20 bits per heavy atom. The van der Waals surface area contributed by atoms with Gasteiger partial charge in [0.2, 0.25) is 0 Å². The molecule has 1 fully saturated rings. The van der Waals surface area contributed by atoms with Gasteiger partial charge in [0.25, 0.3) is 0 Å². The highest BCUT2D eigenvalue weighted by Crippen LogP contribution is 2.28. The molecule has 108 valence electrons. The summed E-state index contributed by atoms with van der Waals surface area (Å²) in [5.74, 6) is 5.26. The van der Waals surface area contributed by atoms with Gasteiger partial charge in [-0.05, 0) is 43.5 Å². The number of hydrogen-bond acceptors (Lipinski definition) is 2. The molecule has 1 saturated carbocycles. The van der Waals surface area contributed by atoms with E-state index in [1.54, 1.807) is 0 Å². The Kier molecular flexibility index (Phi) is 5.58. The van der Waals surface area contributed by atoms with Crippen LogP contribution >= 0.6 is 0 Å². The van der Waals surface area contributed by atoms with Gasteiger partial charge in [-0.3, -0.25) is 4.90 Å². The first-order valence-corrected chi connectivity index (χ1v) is 7.46. The Hall–Kier alpha value is -1.37. The third-order valence-corrected chi connectivity index (χ3v) is 3.60. The molecule has 3 heteroatoms. The summed E-state index contributed by atoms with van der Waals surface area (Å²) in [6.45, 7) is 4.49. The van der Waals surface area contributed by atoms with Crippen LogP contribution in [0, 0.1) is 17.7 Å². The molecule has 1 aliphatic rings. The van der Waals surface area contributed by atoms with Crippen molar-refractivity contribution in [3.05, 3.63) is 35.1 Å². The lowest BCUT2D eigenvalue weighted by atomic mass is 10.1. The van der Waals surface area contributed by atoms with Crippen LogP contribution in [0.5, 0.6) is 0 Å². The van der Waals surface area contributed by atoms with E-state index in [-0.39, 0.29) is 12.4 Å². The molecule has 2 N–H and O–H groups in total. The highest BCUT2D eigenvalue weighted by atomic mass is 19.1. The lowest BCUT2D eigenvalue weighted by molar-refractivity contribution is 0.250. The van der Waals surface area contributed by atoms with Crippen LogP contribution in [0.25, 0.3) is 0 Å². The maximum Gasteiger partial charge on any atom is 0.138 e. The molecule has 0 unspecified atom stereocenters. The van der Waals surface area contributed by atoms with E-state index >= 15 is 0 Å². The molecule has 1 aromatic rings. The second-order valence-corrected chi connectivity index (χ2v) is 5.38. The third-order valence-electron chi connectivity index (χ3n) is 3.60. The molecular weight excluding hydrogens is 251 g/mol. The van der Waals surface area contributed by atoms with Gasteiger partial charge in [-0.2, -0.15) is 0 Å². The number of halogens is 1. The monoisotopic (exact) mass is 274 g/mol. The standard InChI is InChI=1S/C17H23FN2/c1-2-3-11-20(16-7-8-16)13-14-6-9-17(18)15(12-14)5-4-10-19/h6,9,12,16H,2-3,7-8,10-11,13,19H2,1H3. The van der Waals surface area contributed by atoms with Crippen molar-refractivity contribution in [2.24, 2.45) is 5.73 Å². The first-order valence-electron chi connectivity index (χ1n) is 7.46. The van der Waals surface area contributed by atoms with E-state index in [2.05, 4.69) is 23.7 Å². The molecule has 0 aromatic heterocycles. The van der Waals surface area contributed by atoms with Crippen molar-refractivity contribution in [2.45, 2.75) is 45.2 Å². The third kappa shape index (κ3) is 4.33. The molecule has 0 radical (unpaired) electrons. The predicted molar refractivity (Wildman–Crippen MR) is 80.7 cm³/mol. The van der Waals surface area contributed by atoms with Gasteiger partial charge in [0.15, 0.2) is 0 Å². The van der Waals surface area contributed by atoms with Gasteiger partial charge < -0.3 is 5.73 Å². The molecule has 0 bridgehead atoms. The first-order chi connectivity index (χ1) is 9.74. The van der Waals surface area contributed by atoms with Crippen LogP contribution in [0.1, 0.15) is 43.7 Å². The zero-order chi connectivity index (χ0) is 14.4. The zero-order valence-electron chi connectivity index (χ0n) is 12.2. The van der Waals surface area contributed by atoms with Crippen molar-refractivity contribution in [2.75, 3.05) is 13.1 Å². The van der Waals surface area contributed by atoms with Crippen LogP contribution in [0.4, 0.5) is 4.39 Å². The number of rotatable bonds is 6. The smallest absolute Gasteiger partial charge is 0.138 e. The lowest BCUT2D eigenvalue weighted by Crippen LogP contribution is -2.26. The van der Waals surface area contributed by atoms with Crippen LogP contribution < -0.4 is 5.73 Å². The summed E-state index contributed by atoms with van der Waals surface area (Å²) >= 11 is 0. The van der Waals surface area contributed by atoms with Gasteiger partial charge in [0, 0.05) is 12.6 Å². The zero-order valence-corrected chi connectivity index (χ0v) is 12.2. The quantitative estimate of drug-likeness (QED) is 0.808. The minimum Gasteiger partial charge on any atom is -0.320 e. The fraction of sp³-hybridized carbons (Fsp3) is 0.529. The highest BCUT2D eigenvalue weighted by molar-refractivity contribution is 5.38. The predicted octanol–water partition coefficient (Wildman–Crippen LogP) is 2.90. The number of nitrogens with zero attached hydrogens (tertiary/aromatic N) is 1. The van der Waals surface area contributed by atoms with Crippen molar-refractivity contribution in [1.82, 2.24) is 4.90 Å². The molecular formula is C17H23FN2. The summed E-state index contributed by atoms with van der Waals surface area (Å²) in [6.07, 6.45) is 5.02. The van der Waals surface area contributed by atoms with E-state index in [0.29, 0.717) is 5.56 Å². The van der Waals surface area contributed by atoms with Gasteiger partial charge in [-0.15, -0.1) is 0 Å². The molecule has 20 heavy (non-hydrogen) atoms. The average molecular weight is 274 g/mol. The van der Waals surface area contributed by atoms with Crippen molar-refractivity contribution < 1.29 is 4.39 Å². The van der Waals surface area contributed by atoms with Gasteiger partial charge >= 0.3 is 0 Å². The van der Waals surface area contributed by atoms with Crippen molar-refractivity contribution in [1.29, 1.82) is 0 Å². The SMILES string of the molecule is CCCCN(Cc1ccc(F)c(C#CCN)c1)C1CC1. The van der Waals surface area contributed by atoms with Crippen molar-refractivity contribution in [3.8, 4) is 11.8 Å². The fourth-order valence-corrected chi connectivity index (χ4v) is 2.34. The molecule has 1 aromatic carbocycles. The van der Waals surface area contributed by atoms with E-state index in [0.717, 1.165) is 24.7 Å². The normalized spacial score (nSPS) is 14.2. The summed E-state index contributed by atoms with van der Waals surface area (Å²) < 4.78 is 13.6. The average Bonchev–Trinajstić information content (AvgIpc) is 3.28. The topological polar surface area (TPSA) is 29.3 Å². The Balaban J connectivity index is 2.07. The van der Waals surface area contributed by atoms with E-state index in [1.165, 1.54) is 31.7 Å². The lowest BCUT2D eigenvalue weighted by Gasteiger charge is -2.22. The molecule has 0 heterocycles. The molecule has 0 aliphatic heterocycles. The van der Waals surface area contributed by atoms with Crippen LogP contribution in [0.2, 0.25) is 0 Å². The molecule has 2 nitrogen and oxygen atoms in total. The van der Waals surface area contributed by atoms with Crippen molar-refractivity contribution >= 4 is 0 Å². The minimum absolute atomic E-state index is 0.258. The largest absolute Gasteiger partial charge is 0.320 e. The Bertz CT molecular complexity index is 497. The van der Waals surface area contributed by atoms with Crippen molar-refractivity contribution in [3.63, 3.8) is 0 Å². The molecule has 0 spiro atoms. The fourth-order valence-electron chi connectivity index (χ4n) is 2.34. The molecule has 0 amide bonds. The summed E-state index contributed by atoms with van der Waals surface area (Å²) in [4.78, 5) is 2.51. The van der Waals surface area contributed by atoms with E-state index in [4.69, 9.17) is 5.73 Å². The summed E-state index contributed by atoms with van der Waals surface area (Å²) in [7, 11) is 0. The summed E-state index contributed by atoms with van der Waals surface area (Å²) in [5.41, 5.74) is 6.94. The van der Waals surface area contributed by atoms with Gasteiger partial charge in [0.05, 0.1) is 12.1 Å². The second-order valence-electron chi connectivity index (χ2n) is 5.38. The maximum atomic E-state index is 13.6. The highest BCUT2D eigenvalue weighted by Gasteiger charge is 2.28. The van der Waals surface area contributed by atoms with E-state index < -0.39 is 0 Å². The first kappa shape index (κ1) is 15.0. The van der Waals surface area contributed by atoms with E-state index in [9.17, 15) is 4.39 Å². The second kappa shape index (κ2) is 7.42. The van der Waals surface area contributed by atoms with Crippen LogP contribution in [-0.4, -0.2) is 24.0 Å². The van der Waals surface area contributed by atoms with Gasteiger partial charge in [0.1, 0.15) is 5.82 Å². The Morgan fingerprint density at radius 3 is 2.85 bits per heavy atom. The van der Waals surface area contributed by atoms with Gasteiger partial charge in [-0.25, -0.2) is 4.39 Å². The Morgan fingerprint density at radius 1 is 1.40 bits per heavy atom. The van der Waals surface area contributed by atoms with Crippen LogP contribution in [0.3, 0.4) is 0 Å². The number of nitrogens with two attached hydrogens (primary N) is 1. The molecule has 1 aliphatic carbocycles. The minimum atomic E-state index is -0.263. The summed E-state index contributed by atoms with van der Waals surface area (Å²) in [6, 6.07) is 5.97. The molecule has 2 rings (SSSR count). The van der Waals surface area contributed by atoms with Gasteiger partial charge in [-0.1, -0.05) is 31.3 Å².